The molecule has 1 aromatic heterocycles. The van der Waals surface area contributed by atoms with Crippen molar-refractivity contribution in [1.82, 2.24) is 0 Å². The Kier molecular flexibility index (Phi) is 8.79. The van der Waals surface area contributed by atoms with E-state index in [2.05, 4.69) is 224 Å². The number of thiophene rings is 1. The summed E-state index contributed by atoms with van der Waals surface area (Å²) in [6, 6.07) is 73.7. The van der Waals surface area contributed by atoms with Crippen LogP contribution in [0.15, 0.2) is 218 Å². The summed E-state index contributed by atoms with van der Waals surface area (Å²) in [6.07, 6.45) is 5.94. The SMILES string of the molecule is CC1C=C(c2cccc3cccc(-c4ccccc4)c23)C(N(c2ccc(-c3ccc4ccccc4c3)cc2)c2cccc(-c3cccc4sc5ccccc5c34)c2)=CC1. The van der Waals surface area contributed by atoms with Crippen molar-refractivity contribution in [3.05, 3.63) is 224 Å². The Morgan fingerprint density at radius 3 is 1.93 bits per heavy atom. The predicted octanol–water partition coefficient (Wildman–Crippen LogP) is 16.5. The normalized spacial score (nSPS) is 14.2. The van der Waals surface area contributed by atoms with Crippen molar-refractivity contribution in [3.63, 3.8) is 0 Å². The number of hydrogen-bond acceptors (Lipinski definition) is 2. The maximum absolute atomic E-state index is 2.50. The zero-order valence-electron chi connectivity index (χ0n) is 32.8. The van der Waals surface area contributed by atoms with Crippen molar-refractivity contribution in [2.24, 2.45) is 5.92 Å². The molecule has 1 heterocycles. The summed E-state index contributed by atoms with van der Waals surface area (Å²) >= 11 is 1.87. The highest BCUT2D eigenvalue weighted by atomic mass is 32.1. The van der Waals surface area contributed by atoms with Gasteiger partial charge in [-0.3, -0.25) is 0 Å². The average molecular weight is 772 g/mol. The van der Waals surface area contributed by atoms with Gasteiger partial charge in [-0.05, 0) is 115 Å². The molecule has 1 nitrogen and oxygen atoms in total. The highest BCUT2D eigenvalue weighted by Gasteiger charge is 2.26. The zero-order chi connectivity index (χ0) is 39.3. The minimum absolute atomic E-state index is 0.390. The van der Waals surface area contributed by atoms with Crippen molar-refractivity contribution in [2.75, 3.05) is 4.90 Å². The molecular formula is C57H41NS. The molecule has 10 aromatic rings. The monoisotopic (exact) mass is 771 g/mol. The third-order valence-corrected chi connectivity index (χ3v) is 13.1. The van der Waals surface area contributed by atoms with E-state index in [1.807, 2.05) is 11.3 Å². The molecule has 1 aliphatic carbocycles. The van der Waals surface area contributed by atoms with E-state index in [9.17, 15) is 0 Å². The quantitative estimate of drug-likeness (QED) is 0.156. The lowest BCUT2D eigenvalue weighted by Crippen LogP contribution is -2.20. The number of fused-ring (bicyclic) bond motifs is 5. The van der Waals surface area contributed by atoms with Crippen LogP contribution >= 0.6 is 11.3 Å². The molecule has 1 aliphatic rings. The molecule has 0 fully saturated rings. The van der Waals surface area contributed by atoms with Gasteiger partial charge < -0.3 is 4.90 Å². The molecule has 59 heavy (non-hydrogen) atoms. The fraction of sp³-hybridized carbons (Fsp3) is 0.0526. The number of benzene rings is 9. The van der Waals surface area contributed by atoms with Crippen LogP contribution in [0.5, 0.6) is 0 Å². The summed E-state index contributed by atoms with van der Waals surface area (Å²) < 4.78 is 2.63. The molecule has 0 N–H and O–H groups in total. The van der Waals surface area contributed by atoms with Crippen LogP contribution in [0, 0.1) is 5.92 Å². The average Bonchev–Trinajstić information content (AvgIpc) is 3.69. The highest BCUT2D eigenvalue weighted by Crippen LogP contribution is 2.46. The zero-order valence-corrected chi connectivity index (χ0v) is 33.7. The first-order valence-corrected chi connectivity index (χ1v) is 21.4. The van der Waals surface area contributed by atoms with E-state index < -0.39 is 0 Å². The number of hydrogen-bond donors (Lipinski definition) is 0. The van der Waals surface area contributed by atoms with Gasteiger partial charge in [0, 0.05) is 42.8 Å². The largest absolute Gasteiger partial charge is 0.310 e. The first-order valence-electron chi connectivity index (χ1n) is 20.6. The van der Waals surface area contributed by atoms with Crippen molar-refractivity contribution < 1.29 is 0 Å². The minimum Gasteiger partial charge on any atom is -0.310 e. The molecule has 0 bridgehead atoms. The van der Waals surface area contributed by atoms with Gasteiger partial charge >= 0.3 is 0 Å². The van der Waals surface area contributed by atoms with E-state index in [1.165, 1.54) is 91.9 Å². The Bertz CT molecular complexity index is 3250. The van der Waals surface area contributed by atoms with Crippen LogP contribution in [-0.4, -0.2) is 0 Å². The summed E-state index contributed by atoms with van der Waals surface area (Å²) in [5.74, 6) is 0.390. The van der Waals surface area contributed by atoms with E-state index in [0.717, 1.165) is 17.8 Å². The summed E-state index contributed by atoms with van der Waals surface area (Å²) in [5.41, 5.74) is 13.3. The number of nitrogens with zero attached hydrogens (tertiary/aromatic N) is 1. The molecule has 0 saturated heterocycles. The van der Waals surface area contributed by atoms with Gasteiger partial charge in [-0.25, -0.2) is 0 Å². The standard InChI is InChI=1S/C57H41NS/c1-38-27-34-53(52(35-38)50-24-11-18-42-17-10-22-48(56(42)50)41-14-3-2-4-15-41)58(46-32-30-40(31-33-46)44-29-28-39-13-5-6-16-43(39)36-44)47-20-9-19-45(37-47)49-23-12-26-55-57(49)51-21-7-8-25-54(51)59-55/h2-26,28-38H,27H2,1H3. The van der Waals surface area contributed by atoms with Gasteiger partial charge in [-0.2, -0.15) is 0 Å². The minimum atomic E-state index is 0.390. The molecule has 11 rings (SSSR count). The van der Waals surface area contributed by atoms with Crippen molar-refractivity contribution >= 4 is 70.0 Å². The molecule has 0 spiro atoms. The maximum atomic E-state index is 2.50. The molecule has 280 valence electrons. The fourth-order valence-electron chi connectivity index (χ4n) is 9.14. The Labute approximate surface area is 349 Å². The third-order valence-electron chi connectivity index (χ3n) is 12.0. The Morgan fingerprint density at radius 2 is 1.08 bits per heavy atom. The molecule has 0 aliphatic heterocycles. The van der Waals surface area contributed by atoms with Gasteiger partial charge in [0.1, 0.15) is 0 Å². The van der Waals surface area contributed by atoms with E-state index in [0.29, 0.717) is 5.92 Å². The fourth-order valence-corrected chi connectivity index (χ4v) is 10.3. The van der Waals surface area contributed by atoms with Crippen LogP contribution in [0.3, 0.4) is 0 Å². The van der Waals surface area contributed by atoms with E-state index in [1.54, 1.807) is 0 Å². The molecule has 0 saturated carbocycles. The maximum Gasteiger partial charge on any atom is 0.0497 e. The Hall–Kier alpha value is -7.00. The molecule has 9 aromatic carbocycles. The molecule has 1 unspecified atom stereocenters. The van der Waals surface area contributed by atoms with E-state index in [4.69, 9.17) is 0 Å². The van der Waals surface area contributed by atoms with Crippen LogP contribution < -0.4 is 4.90 Å². The number of rotatable bonds is 7. The third kappa shape index (κ3) is 6.34. The first kappa shape index (κ1) is 35.2. The molecule has 2 heteroatoms. The predicted molar refractivity (Wildman–Crippen MR) is 256 cm³/mol. The van der Waals surface area contributed by atoms with Gasteiger partial charge in [-0.15, -0.1) is 11.3 Å². The molecule has 1 atom stereocenters. The lowest BCUT2D eigenvalue weighted by molar-refractivity contribution is 0.732. The second-order valence-corrected chi connectivity index (χ2v) is 16.8. The van der Waals surface area contributed by atoms with Gasteiger partial charge in [0.25, 0.3) is 0 Å². The van der Waals surface area contributed by atoms with Crippen LogP contribution in [0.2, 0.25) is 0 Å². The number of allylic oxidation sites excluding steroid dienone is 3. The lowest BCUT2D eigenvalue weighted by Gasteiger charge is -2.33. The first-order chi connectivity index (χ1) is 29.2. The van der Waals surface area contributed by atoms with Gasteiger partial charge in [0.05, 0.1) is 0 Å². The van der Waals surface area contributed by atoms with E-state index in [-0.39, 0.29) is 0 Å². The second-order valence-electron chi connectivity index (χ2n) is 15.7. The van der Waals surface area contributed by atoms with E-state index >= 15 is 0 Å². The highest BCUT2D eigenvalue weighted by molar-refractivity contribution is 7.25. The van der Waals surface area contributed by atoms with Crippen LogP contribution in [0.4, 0.5) is 11.4 Å². The summed E-state index contributed by atoms with van der Waals surface area (Å²) in [6.45, 7) is 2.34. The summed E-state index contributed by atoms with van der Waals surface area (Å²) in [7, 11) is 0. The van der Waals surface area contributed by atoms with Gasteiger partial charge in [0.2, 0.25) is 0 Å². The van der Waals surface area contributed by atoms with Crippen LogP contribution in [0.1, 0.15) is 18.9 Å². The van der Waals surface area contributed by atoms with Crippen molar-refractivity contribution in [2.45, 2.75) is 13.3 Å². The topological polar surface area (TPSA) is 3.24 Å². The Balaban J connectivity index is 1.10. The molecular weight excluding hydrogens is 731 g/mol. The molecule has 0 amide bonds. The number of anilines is 2. The lowest BCUT2D eigenvalue weighted by atomic mass is 9.85. The van der Waals surface area contributed by atoms with Crippen LogP contribution in [-0.2, 0) is 0 Å². The summed E-state index contributed by atoms with van der Waals surface area (Å²) in [5, 5.41) is 7.67. The van der Waals surface area contributed by atoms with Gasteiger partial charge in [0.15, 0.2) is 0 Å². The molecule has 0 radical (unpaired) electrons. The van der Waals surface area contributed by atoms with Crippen molar-refractivity contribution in [3.8, 4) is 33.4 Å². The van der Waals surface area contributed by atoms with Crippen molar-refractivity contribution in [1.29, 1.82) is 0 Å². The van der Waals surface area contributed by atoms with Crippen LogP contribution in [0.25, 0.3) is 80.7 Å². The van der Waals surface area contributed by atoms with Gasteiger partial charge in [-0.1, -0.05) is 177 Å². The smallest absolute Gasteiger partial charge is 0.0497 e. The summed E-state index contributed by atoms with van der Waals surface area (Å²) in [4.78, 5) is 2.50. The second kappa shape index (κ2) is 14.7. The Morgan fingerprint density at radius 1 is 0.441 bits per heavy atom.